The molecule has 3 N–H and O–H groups in total. The van der Waals surface area contributed by atoms with Gasteiger partial charge in [0.05, 0.1) is 4.88 Å². The Morgan fingerprint density at radius 2 is 2.05 bits per heavy atom. The summed E-state index contributed by atoms with van der Waals surface area (Å²) >= 11 is 1.46. The molecule has 5 nitrogen and oxygen atoms in total. The van der Waals surface area contributed by atoms with Crippen LogP contribution in [0.2, 0.25) is 0 Å². The van der Waals surface area contributed by atoms with Gasteiger partial charge in [-0.05, 0) is 30.7 Å². The highest BCUT2D eigenvalue weighted by Gasteiger charge is 2.15. The number of aliphatic imine (C=N–C) groups is 1. The van der Waals surface area contributed by atoms with Crippen LogP contribution in [0.3, 0.4) is 0 Å². The number of nitrogens with one attached hydrogen (secondary N) is 3. The van der Waals surface area contributed by atoms with Gasteiger partial charge in [0.2, 0.25) is 0 Å². The molecule has 0 radical (unpaired) electrons. The Hall–Kier alpha value is -0.830. The summed E-state index contributed by atoms with van der Waals surface area (Å²) < 4.78 is 0. The summed E-state index contributed by atoms with van der Waals surface area (Å²) in [5.74, 6) is 0.880. The highest BCUT2D eigenvalue weighted by atomic mass is 127. The first-order valence-corrected chi connectivity index (χ1v) is 8.46. The molecule has 1 aliphatic carbocycles. The Balaban J connectivity index is 0.00000242. The average molecular weight is 436 g/mol. The average Bonchev–Trinajstić information content (AvgIpc) is 3.18. The van der Waals surface area contributed by atoms with Crippen LogP contribution in [0, 0.1) is 0 Å². The maximum Gasteiger partial charge on any atom is 0.261 e. The van der Waals surface area contributed by atoms with Crippen molar-refractivity contribution >= 4 is 47.2 Å². The second-order valence-corrected chi connectivity index (χ2v) is 6.16. The van der Waals surface area contributed by atoms with Crippen molar-refractivity contribution < 1.29 is 4.79 Å². The number of thiophene rings is 1. The van der Waals surface area contributed by atoms with E-state index < -0.39 is 0 Å². The summed E-state index contributed by atoms with van der Waals surface area (Å²) in [6, 6.07) is 4.29. The zero-order valence-electron chi connectivity index (χ0n) is 12.9. The van der Waals surface area contributed by atoms with Gasteiger partial charge in [0, 0.05) is 26.2 Å². The monoisotopic (exact) mass is 436 g/mol. The lowest BCUT2D eigenvalue weighted by atomic mass is 10.2. The van der Waals surface area contributed by atoms with E-state index in [2.05, 4.69) is 20.9 Å². The molecule has 1 amide bonds. The van der Waals surface area contributed by atoms with E-state index in [9.17, 15) is 4.79 Å². The third-order valence-corrected chi connectivity index (χ3v) is 4.46. The van der Waals surface area contributed by atoms with Crippen LogP contribution in [0.15, 0.2) is 22.5 Å². The zero-order valence-corrected chi connectivity index (χ0v) is 16.1. The normalized spacial score (nSPS) is 15.2. The van der Waals surface area contributed by atoms with Gasteiger partial charge in [-0.2, -0.15) is 0 Å². The van der Waals surface area contributed by atoms with Crippen LogP contribution in [0.4, 0.5) is 0 Å². The number of hydrogen-bond donors (Lipinski definition) is 3. The first-order chi connectivity index (χ1) is 10.3. The molecule has 0 atom stereocenters. The summed E-state index contributed by atoms with van der Waals surface area (Å²) in [6.07, 6.45) is 5.96. The molecule has 1 heterocycles. The first-order valence-electron chi connectivity index (χ1n) is 7.58. The van der Waals surface area contributed by atoms with Crippen LogP contribution in [-0.4, -0.2) is 38.0 Å². The van der Waals surface area contributed by atoms with Gasteiger partial charge in [0.15, 0.2) is 5.96 Å². The van der Waals surface area contributed by atoms with Crippen molar-refractivity contribution in [2.24, 2.45) is 4.99 Å². The van der Waals surface area contributed by atoms with Crippen molar-refractivity contribution in [3.63, 3.8) is 0 Å². The smallest absolute Gasteiger partial charge is 0.261 e. The molecule has 124 valence electrons. The van der Waals surface area contributed by atoms with Gasteiger partial charge in [-0.25, -0.2) is 0 Å². The SMILES string of the molecule is CN=C(NCCCNC(=O)c1cccs1)NC1CCCC1.I. The van der Waals surface area contributed by atoms with Crippen molar-refractivity contribution in [3.8, 4) is 0 Å². The van der Waals surface area contributed by atoms with Crippen molar-refractivity contribution in [1.82, 2.24) is 16.0 Å². The molecule has 2 rings (SSSR count). The van der Waals surface area contributed by atoms with Crippen LogP contribution in [0.1, 0.15) is 41.8 Å². The van der Waals surface area contributed by atoms with Crippen LogP contribution >= 0.6 is 35.3 Å². The van der Waals surface area contributed by atoms with Gasteiger partial charge in [-0.3, -0.25) is 9.79 Å². The molecule has 0 aliphatic heterocycles. The Morgan fingerprint density at radius 3 is 2.68 bits per heavy atom. The van der Waals surface area contributed by atoms with Gasteiger partial charge in [-0.1, -0.05) is 18.9 Å². The minimum Gasteiger partial charge on any atom is -0.356 e. The molecule has 1 fully saturated rings. The fourth-order valence-electron chi connectivity index (χ4n) is 2.45. The first kappa shape index (κ1) is 19.2. The van der Waals surface area contributed by atoms with E-state index in [1.165, 1.54) is 37.0 Å². The van der Waals surface area contributed by atoms with Gasteiger partial charge >= 0.3 is 0 Å². The molecule has 0 saturated heterocycles. The number of carbonyl (C=O) groups excluding carboxylic acids is 1. The van der Waals surface area contributed by atoms with Crippen molar-refractivity contribution in [2.75, 3.05) is 20.1 Å². The second kappa shape index (κ2) is 10.8. The standard InChI is InChI=1S/C15H24N4OS.HI/c1-16-15(19-12-6-2-3-7-12)18-10-5-9-17-14(20)13-8-4-11-21-13;/h4,8,11-12H,2-3,5-7,9-10H2,1H3,(H,17,20)(H2,16,18,19);1H. The lowest BCUT2D eigenvalue weighted by Crippen LogP contribution is -2.43. The molecule has 7 heteroatoms. The van der Waals surface area contributed by atoms with E-state index in [0.717, 1.165) is 23.8 Å². The van der Waals surface area contributed by atoms with Crippen molar-refractivity contribution in [1.29, 1.82) is 0 Å². The molecule has 0 aromatic carbocycles. The number of guanidine groups is 1. The van der Waals surface area contributed by atoms with E-state index in [1.807, 2.05) is 17.5 Å². The number of halogens is 1. The third-order valence-electron chi connectivity index (χ3n) is 3.60. The molecule has 0 unspecified atom stereocenters. The molecule has 1 aromatic heterocycles. The quantitative estimate of drug-likeness (QED) is 0.278. The van der Waals surface area contributed by atoms with E-state index >= 15 is 0 Å². The number of carbonyl (C=O) groups is 1. The number of rotatable bonds is 6. The molecule has 1 aromatic rings. The summed E-state index contributed by atoms with van der Waals surface area (Å²) in [5.41, 5.74) is 0. The molecule has 0 spiro atoms. The van der Waals surface area contributed by atoms with Crippen LogP contribution in [0.5, 0.6) is 0 Å². The van der Waals surface area contributed by atoms with Crippen molar-refractivity contribution in [3.05, 3.63) is 22.4 Å². The second-order valence-electron chi connectivity index (χ2n) is 5.21. The minimum atomic E-state index is 0. The fourth-order valence-corrected chi connectivity index (χ4v) is 3.09. The molecule has 22 heavy (non-hydrogen) atoms. The van der Waals surface area contributed by atoms with E-state index in [4.69, 9.17) is 0 Å². The van der Waals surface area contributed by atoms with Gasteiger partial charge in [-0.15, -0.1) is 35.3 Å². The van der Waals surface area contributed by atoms with Gasteiger partial charge in [0.1, 0.15) is 0 Å². The zero-order chi connectivity index (χ0) is 14.9. The summed E-state index contributed by atoms with van der Waals surface area (Å²) in [7, 11) is 1.79. The maximum atomic E-state index is 11.7. The van der Waals surface area contributed by atoms with Crippen molar-refractivity contribution in [2.45, 2.75) is 38.1 Å². The minimum absolute atomic E-state index is 0. The topological polar surface area (TPSA) is 65.5 Å². The summed E-state index contributed by atoms with van der Waals surface area (Å²) in [6.45, 7) is 1.47. The van der Waals surface area contributed by atoms with E-state index in [-0.39, 0.29) is 29.9 Å². The van der Waals surface area contributed by atoms with Gasteiger partial charge in [0.25, 0.3) is 5.91 Å². The summed E-state index contributed by atoms with van der Waals surface area (Å²) in [5, 5.41) is 11.6. The molecular formula is C15H25IN4OS. The number of amides is 1. The Bertz CT molecular complexity index is 458. The predicted octanol–water partition coefficient (Wildman–Crippen LogP) is 2.59. The fraction of sp³-hybridized carbons (Fsp3) is 0.600. The Morgan fingerprint density at radius 1 is 1.32 bits per heavy atom. The highest BCUT2D eigenvalue weighted by Crippen LogP contribution is 2.17. The van der Waals surface area contributed by atoms with Crippen LogP contribution in [0.25, 0.3) is 0 Å². The summed E-state index contributed by atoms with van der Waals surface area (Å²) in [4.78, 5) is 16.7. The lowest BCUT2D eigenvalue weighted by Gasteiger charge is -2.16. The van der Waals surface area contributed by atoms with Crippen LogP contribution in [-0.2, 0) is 0 Å². The Kier molecular flexibility index (Phi) is 9.45. The highest BCUT2D eigenvalue weighted by molar-refractivity contribution is 14.0. The molecule has 1 aliphatic rings. The van der Waals surface area contributed by atoms with E-state index in [0.29, 0.717) is 12.6 Å². The van der Waals surface area contributed by atoms with E-state index in [1.54, 1.807) is 7.05 Å². The number of nitrogens with zero attached hydrogens (tertiary/aromatic N) is 1. The van der Waals surface area contributed by atoms with Crippen LogP contribution < -0.4 is 16.0 Å². The number of hydrogen-bond acceptors (Lipinski definition) is 3. The molecule has 0 bridgehead atoms. The molecule has 1 saturated carbocycles. The largest absolute Gasteiger partial charge is 0.356 e. The molecular weight excluding hydrogens is 411 g/mol. The Labute approximate surface area is 153 Å². The lowest BCUT2D eigenvalue weighted by molar-refractivity contribution is 0.0957. The third kappa shape index (κ3) is 6.51. The predicted molar refractivity (Wildman–Crippen MR) is 103 cm³/mol. The maximum absolute atomic E-state index is 11.7. The van der Waals surface area contributed by atoms with Gasteiger partial charge < -0.3 is 16.0 Å².